The molecule has 148 valence electrons. The fraction of sp³-hybridized carbons (Fsp3) is 0.250. The molecule has 1 saturated heterocycles. The third kappa shape index (κ3) is 3.34. The number of aliphatic hydroxyl groups excluding tert-OH is 2. The van der Waals surface area contributed by atoms with E-state index in [1.165, 1.54) is 0 Å². The Balaban J connectivity index is 1.70. The predicted molar refractivity (Wildman–Crippen MR) is 106 cm³/mol. The number of aliphatic hydroxyl groups is 2. The monoisotopic (exact) mass is 412 g/mol. The first kappa shape index (κ1) is 19.4. The number of terminal acetylenes is 1. The highest BCUT2D eigenvalue weighted by atomic mass is 35.5. The molecule has 1 amide bonds. The second kappa shape index (κ2) is 7.46. The van der Waals surface area contributed by atoms with Gasteiger partial charge in [0.1, 0.15) is 23.8 Å². The number of carbonyl (C=O) groups excluding carboxylic acids is 1. The first-order valence-electron chi connectivity index (χ1n) is 8.82. The quantitative estimate of drug-likeness (QED) is 0.446. The number of hydrogen-bond donors (Lipinski definition) is 3. The van der Waals surface area contributed by atoms with Crippen LogP contribution >= 0.6 is 11.6 Å². The molecule has 8 nitrogen and oxygen atoms in total. The molecule has 0 saturated carbocycles. The first-order valence-corrected chi connectivity index (χ1v) is 9.20. The minimum Gasteiger partial charge on any atom is -0.392 e. The van der Waals surface area contributed by atoms with Gasteiger partial charge < -0.3 is 24.8 Å². The summed E-state index contributed by atoms with van der Waals surface area (Å²) in [5.41, 5.74) is -0.613. The number of carbonyl (C=O) groups is 1. The van der Waals surface area contributed by atoms with Crippen molar-refractivity contribution in [3.8, 4) is 12.3 Å². The van der Waals surface area contributed by atoms with Crippen LogP contribution in [0.25, 0.3) is 11.0 Å². The van der Waals surface area contributed by atoms with E-state index in [0.29, 0.717) is 16.6 Å². The van der Waals surface area contributed by atoms with Crippen molar-refractivity contribution in [2.24, 2.45) is 0 Å². The summed E-state index contributed by atoms with van der Waals surface area (Å²) < 4.78 is 7.42. The van der Waals surface area contributed by atoms with E-state index >= 15 is 0 Å². The van der Waals surface area contributed by atoms with Crippen LogP contribution in [0.5, 0.6) is 0 Å². The summed E-state index contributed by atoms with van der Waals surface area (Å²) in [7, 11) is 0. The van der Waals surface area contributed by atoms with Crippen LogP contribution < -0.4 is 5.32 Å². The van der Waals surface area contributed by atoms with E-state index < -0.39 is 24.5 Å². The molecule has 1 fully saturated rings. The standard InChI is InChI=1S/C20H17ClN4O4/c1-2-20(11-26)14(27)10-15(29-20)25-9-8-13-16(23-19(21)24-17(13)25)22-18(28)12-6-4-3-5-7-12/h1,3-9,14-15,26-27H,10-11H2,(H,22,23,24,28)/t14-,15+,20+/m0/s1. The van der Waals surface area contributed by atoms with Crippen LogP contribution in [0.4, 0.5) is 5.82 Å². The minimum atomic E-state index is -1.48. The van der Waals surface area contributed by atoms with E-state index in [2.05, 4.69) is 21.2 Å². The van der Waals surface area contributed by atoms with E-state index in [0.717, 1.165) is 0 Å². The molecule has 1 aliphatic heterocycles. The number of ether oxygens (including phenoxy) is 1. The van der Waals surface area contributed by atoms with Gasteiger partial charge in [-0.25, -0.2) is 0 Å². The molecule has 4 rings (SSSR count). The lowest BCUT2D eigenvalue weighted by Crippen LogP contribution is -2.41. The SMILES string of the molecule is C#C[C@]1(CO)O[C@@H](n2ccc3c(NC(=O)c4ccccc4)nc(Cl)nc32)C[C@@H]1O. The molecule has 1 aromatic carbocycles. The molecule has 0 bridgehead atoms. The van der Waals surface area contributed by atoms with E-state index in [4.69, 9.17) is 22.8 Å². The molecule has 0 unspecified atom stereocenters. The lowest BCUT2D eigenvalue weighted by molar-refractivity contribution is -0.0890. The van der Waals surface area contributed by atoms with Crippen LogP contribution in [0, 0.1) is 12.3 Å². The Hall–Kier alpha value is -2.96. The van der Waals surface area contributed by atoms with Gasteiger partial charge in [-0.05, 0) is 29.8 Å². The number of aromatic nitrogens is 3. The maximum absolute atomic E-state index is 12.5. The van der Waals surface area contributed by atoms with Crippen molar-refractivity contribution in [1.82, 2.24) is 14.5 Å². The predicted octanol–water partition coefficient (Wildman–Crippen LogP) is 1.98. The molecule has 9 heteroatoms. The van der Waals surface area contributed by atoms with Crippen LogP contribution in [-0.4, -0.2) is 49.0 Å². The maximum Gasteiger partial charge on any atom is 0.256 e. The molecule has 3 heterocycles. The van der Waals surface area contributed by atoms with Crippen LogP contribution in [-0.2, 0) is 4.74 Å². The Morgan fingerprint density at radius 1 is 1.38 bits per heavy atom. The fourth-order valence-corrected chi connectivity index (χ4v) is 3.51. The van der Waals surface area contributed by atoms with Crippen molar-refractivity contribution >= 4 is 34.4 Å². The molecule has 3 atom stereocenters. The lowest BCUT2D eigenvalue weighted by atomic mass is 9.99. The third-order valence-electron chi connectivity index (χ3n) is 4.91. The Labute approximate surface area is 171 Å². The van der Waals surface area contributed by atoms with Crippen LogP contribution in [0.15, 0.2) is 42.6 Å². The van der Waals surface area contributed by atoms with E-state index in [1.54, 1.807) is 41.1 Å². The van der Waals surface area contributed by atoms with Gasteiger partial charge in [0.2, 0.25) is 5.28 Å². The van der Waals surface area contributed by atoms with Crippen LogP contribution in [0.2, 0.25) is 5.28 Å². The highest BCUT2D eigenvalue weighted by Crippen LogP contribution is 2.38. The molecule has 3 aromatic rings. The number of fused-ring (bicyclic) bond motifs is 1. The number of nitrogens with zero attached hydrogens (tertiary/aromatic N) is 3. The highest BCUT2D eigenvalue weighted by molar-refractivity contribution is 6.29. The molecular formula is C20H17ClN4O4. The zero-order valence-corrected chi connectivity index (χ0v) is 15.9. The summed E-state index contributed by atoms with van der Waals surface area (Å²) in [4.78, 5) is 20.9. The van der Waals surface area contributed by atoms with Crippen molar-refractivity contribution in [3.63, 3.8) is 0 Å². The van der Waals surface area contributed by atoms with Gasteiger partial charge in [-0.3, -0.25) is 4.79 Å². The summed E-state index contributed by atoms with van der Waals surface area (Å²) in [6, 6.07) is 10.4. The van der Waals surface area contributed by atoms with Gasteiger partial charge in [0.25, 0.3) is 5.91 Å². The summed E-state index contributed by atoms with van der Waals surface area (Å²) in [5.74, 6) is 2.24. The van der Waals surface area contributed by atoms with Crippen LogP contribution in [0.1, 0.15) is 23.0 Å². The molecule has 2 aromatic heterocycles. The number of halogens is 1. The van der Waals surface area contributed by atoms with Crippen molar-refractivity contribution < 1.29 is 19.7 Å². The van der Waals surface area contributed by atoms with Gasteiger partial charge >= 0.3 is 0 Å². The fourth-order valence-electron chi connectivity index (χ4n) is 3.34. The largest absolute Gasteiger partial charge is 0.392 e. The van der Waals surface area contributed by atoms with Gasteiger partial charge in [-0.1, -0.05) is 24.1 Å². The maximum atomic E-state index is 12.5. The Morgan fingerprint density at radius 3 is 2.79 bits per heavy atom. The Morgan fingerprint density at radius 2 is 2.14 bits per heavy atom. The topological polar surface area (TPSA) is 110 Å². The van der Waals surface area contributed by atoms with Gasteiger partial charge in [0.15, 0.2) is 5.60 Å². The van der Waals surface area contributed by atoms with Crippen LogP contribution in [0.3, 0.4) is 0 Å². The number of anilines is 1. The molecular weight excluding hydrogens is 396 g/mol. The van der Waals surface area contributed by atoms with Crippen molar-refractivity contribution in [1.29, 1.82) is 0 Å². The summed E-state index contributed by atoms with van der Waals surface area (Å²) in [5, 5.41) is 23.1. The zero-order valence-electron chi connectivity index (χ0n) is 15.1. The van der Waals surface area contributed by atoms with Gasteiger partial charge in [-0.2, -0.15) is 9.97 Å². The normalized spacial score (nSPS) is 23.8. The Bertz CT molecular complexity index is 1110. The number of rotatable bonds is 4. The van der Waals surface area contributed by atoms with Gasteiger partial charge in [-0.15, -0.1) is 6.42 Å². The van der Waals surface area contributed by atoms with Crippen molar-refractivity contribution in [2.45, 2.75) is 24.4 Å². The number of nitrogens with one attached hydrogen (secondary N) is 1. The van der Waals surface area contributed by atoms with Gasteiger partial charge in [0, 0.05) is 18.2 Å². The van der Waals surface area contributed by atoms with E-state index in [1.807, 2.05) is 6.07 Å². The smallest absolute Gasteiger partial charge is 0.256 e. The summed E-state index contributed by atoms with van der Waals surface area (Å²) >= 11 is 6.08. The average molecular weight is 413 g/mol. The molecule has 0 aliphatic carbocycles. The average Bonchev–Trinajstić information content (AvgIpc) is 3.29. The summed E-state index contributed by atoms with van der Waals surface area (Å²) in [6.45, 7) is -0.519. The molecule has 29 heavy (non-hydrogen) atoms. The number of amides is 1. The number of benzene rings is 1. The minimum absolute atomic E-state index is 0.0651. The molecule has 3 N–H and O–H groups in total. The first-order chi connectivity index (χ1) is 14.0. The van der Waals surface area contributed by atoms with Crippen molar-refractivity contribution in [2.75, 3.05) is 11.9 Å². The van der Waals surface area contributed by atoms with E-state index in [-0.39, 0.29) is 23.4 Å². The lowest BCUT2D eigenvalue weighted by Gasteiger charge is -2.23. The second-order valence-corrected chi connectivity index (χ2v) is 6.98. The third-order valence-corrected chi connectivity index (χ3v) is 5.08. The molecule has 1 aliphatic rings. The zero-order chi connectivity index (χ0) is 20.6. The Kier molecular flexibility index (Phi) is 4.98. The number of hydrogen-bond acceptors (Lipinski definition) is 6. The van der Waals surface area contributed by atoms with E-state index in [9.17, 15) is 15.0 Å². The van der Waals surface area contributed by atoms with Gasteiger partial charge in [0.05, 0.1) is 12.0 Å². The second-order valence-electron chi connectivity index (χ2n) is 6.64. The molecule has 0 radical (unpaired) electrons. The summed E-state index contributed by atoms with van der Waals surface area (Å²) in [6.07, 6.45) is 5.57. The van der Waals surface area contributed by atoms with Crippen molar-refractivity contribution in [3.05, 3.63) is 53.4 Å². The highest BCUT2D eigenvalue weighted by Gasteiger charge is 2.47. The molecule has 0 spiro atoms.